The number of rotatable bonds is 3. The van der Waals surface area contributed by atoms with Gasteiger partial charge in [0.15, 0.2) is 5.76 Å². The fourth-order valence-electron chi connectivity index (χ4n) is 2.40. The van der Waals surface area contributed by atoms with Crippen molar-refractivity contribution in [2.75, 3.05) is 0 Å². The Hall–Kier alpha value is -2.75. The van der Waals surface area contributed by atoms with E-state index in [0.29, 0.717) is 23.4 Å². The third-order valence-electron chi connectivity index (χ3n) is 3.41. The summed E-state index contributed by atoms with van der Waals surface area (Å²) in [4.78, 5) is 0. The number of aromatic hydroxyl groups is 2. The Labute approximate surface area is 122 Å². The average molecular weight is 281 g/mol. The summed E-state index contributed by atoms with van der Waals surface area (Å²) in [5.74, 6) is 0.963. The predicted molar refractivity (Wildman–Crippen MR) is 80.1 cm³/mol. The van der Waals surface area contributed by atoms with Crippen molar-refractivity contribution in [3.63, 3.8) is 0 Å². The molecule has 3 rings (SSSR count). The van der Waals surface area contributed by atoms with Gasteiger partial charge in [-0.2, -0.15) is 0 Å². The van der Waals surface area contributed by atoms with Gasteiger partial charge in [0.05, 0.1) is 0 Å². The molecule has 0 aliphatic rings. The van der Waals surface area contributed by atoms with E-state index < -0.39 is 0 Å². The van der Waals surface area contributed by atoms with Crippen LogP contribution in [0.3, 0.4) is 0 Å². The second-order valence-corrected chi connectivity index (χ2v) is 4.76. The van der Waals surface area contributed by atoms with Crippen LogP contribution in [0.4, 0.5) is 0 Å². The standard InChI is InChI=1S/C17H15NO3/c1-2-13-16(14-8-3-4-9-15(14)20)18-21-17(13)11-6-5-7-12(19)10-11/h3-10,19-20H,2H2,1H3. The summed E-state index contributed by atoms with van der Waals surface area (Å²) in [7, 11) is 0. The molecule has 0 radical (unpaired) electrons. The number of benzene rings is 2. The molecular formula is C17H15NO3. The Morgan fingerprint density at radius 2 is 1.86 bits per heavy atom. The van der Waals surface area contributed by atoms with Gasteiger partial charge in [-0.25, -0.2) is 0 Å². The van der Waals surface area contributed by atoms with E-state index in [-0.39, 0.29) is 11.5 Å². The summed E-state index contributed by atoms with van der Waals surface area (Å²) in [6, 6.07) is 13.9. The molecule has 0 saturated heterocycles. The van der Waals surface area contributed by atoms with Crippen molar-refractivity contribution in [3.8, 4) is 34.1 Å². The number of nitrogens with zero attached hydrogens (tertiary/aromatic N) is 1. The Morgan fingerprint density at radius 3 is 2.57 bits per heavy atom. The van der Waals surface area contributed by atoms with Gasteiger partial charge in [0.1, 0.15) is 17.2 Å². The molecule has 0 fully saturated rings. The van der Waals surface area contributed by atoms with Gasteiger partial charge in [0, 0.05) is 16.7 Å². The molecule has 1 aromatic heterocycles. The van der Waals surface area contributed by atoms with Crippen LogP contribution in [-0.2, 0) is 6.42 Å². The van der Waals surface area contributed by atoms with E-state index in [1.54, 1.807) is 36.4 Å². The second-order valence-electron chi connectivity index (χ2n) is 4.76. The maximum Gasteiger partial charge on any atom is 0.170 e. The molecule has 0 aliphatic heterocycles. The van der Waals surface area contributed by atoms with Crippen LogP contribution in [0.5, 0.6) is 11.5 Å². The van der Waals surface area contributed by atoms with Crippen molar-refractivity contribution in [1.82, 2.24) is 5.16 Å². The van der Waals surface area contributed by atoms with Crippen LogP contribution in [0.15, 0.2) is 53.1 Å². The molecule has 4 heteroatoms. The van der Waals surface area contributed by atoms with E-state index in [4.69, 9.17) is 4.52 Å². The van der Waals surface area contributed by atoms with Crippen molar-refractivity contribution in [3.05, 3.63) is 54.1 Å². The molecule has 1 heterocycles. The zero-order valence-electron chi connectivity index (χ0n) is 11.6. The lowest BCUT2D eigenvalue weighted by Gasteiger charge is -2.04. The number of hydrogen-bond acceptors (Lipinski definition) is 4. The summed E-state index contributed by atoms with van der Waals surface area (Å²) in [6.07, 6.45) is 0.707. The SMILES string of the molecule is CCc1c(-c2ccccc2O)noc1-c1cccc(O)c1. The van der Waals surface area contributed by atoms with Crippen molar-refractivity contribution in [1.29, 1.82) is 0 Å². The smallest absolute Gasteiger partial charge is 0.170 e. The molecular weight excluding hydrogens is 266 g/mol. The average Bonchev–Trinajstić information content (AvgIpc) is 2.91. The van der Waals surface area contributed by atoms with Crippen molar-refractivity contribution in [2.45, 2.75) is 13.3 Å². The van der Waals surface area contributed by atoms with Gasteiger partial charge < -0.3 is 14.7 Å². The molecule has 0 spiro atoms. The third-order valence-corrected chi connectivity index (χ3v) is 3.41. The minimum Gasteiger partial charge on any atom is -0.508 e. The Morgan fingerprint density at radius 1 is 1.05 bits per heavy atom. The normalized spacial score (nSPS) is 10.7. The van der Waals surface area contributed by atoms with Gasteiger partial charge in [-0.15, -0.1) is 0 Å². The monoisotopic (exact) mass is 281 g/mol. The first-order valence-electron chi connectivity index (χ1n) is 6.77. The Balaban J connectivity index is 2.16. The first-order valence-corrected chi connectivity index (χ1v) is 6.77. The van der Waals surface area contributed by atoms with E-state index in [1.165, 1.54) is 0 Å². The predicted octanol–water partition coefficient (Wildman–Crippen LogP) is 3.98. The molecule has 2 aromatic carbocycles. The number of para-hydroxylation sites is 1. The highest BCUT2D eigenvalue weighted by atomic mass is 16.5. The highest BCUT2D eigenvalue weighted by Crippen LogP contribution is 2.36. The number of phenolic OH excluding ortho intramolecular Hbond substituents is 2. The lowest BCUT2D eigenvalue weighted by Crippen LogP contribution is -1.87. The van der Waals surface area contributed by atoms with Gasteiger partial charge in [-0.3, -0.25) is 0 Å². The molecule has 3 aromatic rings. The summed E-state index contributed by atoms with van der Waals surface area (Å²) in [5.41, 5.74) is 2.95. The zero-order chi connectivity index (χ0) is 14.8. The number of aromatic nitrogens is 1. The molecule has 0 amide bonds. The van der Waals surface area contributed by atoms with Crippen LogP contribution in [0, 0.1) is 0 Å². The summed E-state index contributed by atoms with van der Waals surface area (Å²) in [5, 5.41) is 23.7. The van der Waals surface area contributed by atoms with E-state index >= 15 is 0 Å². The Kier molecular flexibility index (Phi) is 3.36. The van der Waals surface area contributed by atoms with Gasteiger partial charge in [0.2, 0.25) is 0 Å². The van der Waals surface area contributed by atoms with E-state index in [9.17, 15) is 10.2 Å². The Bertz CT molecular complexity index is 777. The molecule has 0 unspecified atom stereocenters. The molecule has 0 atom stereocenters. The molecule has 21 heavy (non-hydrogen) atoms. The van der Waals surface area contributed by atoms with Crippen LogP contribution in [0.25, 0.3) is 22.6 Å². The largest absolute Gasteiger partial charge is 0.508 e. The maximum absolute atomic E-state index is 9.99. The summed E-state index contributed by atoms with van der Waals surface area (Å²) < 4.78 is 5.46. The van der Waals surface area contributed by atoms with Crippen LogP contribution in [0.1, 0.15) is 12.5 Å². The molecule has 0 aliphatic carbocycles. The lowest BCUT2D eigenvalue weighted by atomic mass is 10.00. The summed E-state index contributed by atoms with van der Waals surface area (Å²) >= 11 is 0. The molecule has 0 saturated carbocycles. The number of hydrogen-bond donors (Lipinski definition) is 2. The van der Waals surface area contributed by atoms with Gasteiger partial charge >= 0.3 is 0 Å². The van der Waals surface area contributed by atoms with E-state index in [0.717, 1.165) is 11.1 Å². The third kappa shape index (κ3) is 2.36. The number of phenols is 2. The molecule has 106 valence electrons. The van der Waals surface area contributed by atoms with E-state index in [1.807, 2.05) is 19.1 Å². The fraction of sp³-hybridized carbons (Fsp3) is 0.118. The quantitative estimate of drug-likeness (QED) is 0.762. The first kappa shape index (κ1) is 13.2. The minimum absolute atomic E-state index is 0.169. The highest BCUT2D eigenvalue weighted by molar-refractivity contribution is 5.76. The van der Waals surface area contributed by atoms with Gasteiger partial charge in [0.25, 0.3) is 0 Å². The second kappa shape index (κ2) is 5.32. The van der Waals surface area contributed by atoms with Crippen LogP contribution in [-0.4, -0.2) is 15.4 Å². The molecule has 2 N–H and O–H groups in total. The van der Waals surface area contributed by atoms with Gasteiger partial charge in [-0.05, 0) is 30.7 Å². The van der Waals surface area contributed by atoms with Crippen LogP contribution < -0.4 is 0 Å². The van der Waals surface area contributed by atoms with Crippen LogP contribution >= 0.6 is 0 Å². The fourth-order valence-corrected chi connectivity index (χ4v) is 2.40. The summed E-state index contributed by atoms with van der Waals surface area (Å²) in [6.45, 7) is 2.00. The lowest BCUT2D eigenvalue weighted by molar-refractivity contribution is 0.432. The zero-order valence-corrected chi connectivity index (χ0v) is 11.6. The van der Waals surface area contributed by atoms with Crippen molar-refractivity contribution >= 4 is 0 Å². The van der Waals surface area contributed by atoms with E-state index in [2.05, 4.69) is 5.16 Å². The van der Waals surface area contributed by atoms with Crippen molar-refractivity contribution < 1.29 is 14.7 Å². The highest BCUT2D eigenvalue weighted by Gasteiger charge is 2.19. The first-order chi connectivity index (χ1) is 10.2. The van der Waals surface area contributed by atoms with Crippen molar-refractivity contribution in [2.24, 2.45) is 0 Å². The minimum atomic E-state index is 0.169. The maximum atomic E-state index is 9.99. The van der Waals surface area contributed by atoms with Gasteiger partial charge in [-0.1, -0.05) is 36.3 Å². The molecule has 4 nitrogen and oxygen atoms in total. The topological polar surface area (TPSA) is 66.5 Å². The van der Waals surface area contributed by atoms with Crippen LogP contribution in [0.2, 0.25) is 0 Å². The molecule has 0 bridgehead atoms.